The molecule has 8 heteroatoms. The summed E-state index contributed by atoms with van der Waals surface area (Å²) in [5, 5.41) is 10.6. The Labute approximate surface area is 113 Å². The maximum absolute atomic E-state index is 11.4. The molecule has 0 bridgehead atoms. The number of hydrogen-bond donors (Lipinski definition) is 2. The van der Waals surface area contributed by atoms with Crippen LogP contribution in [-0.2, 0) is 6.61 Å². The zero-order chi connectivity index (χ0) is 14.5. The van der Waals surface area contributed by atoms with E-state index in [9.17, 15) is 14.9 Å². The van der Waals surface area contributed by atoms with Crippen LogP contribution in [0, 0.1) is 10.1 Å². The summed E-state index contributed by atoms with van der Waals surface area (Å²) in [5.74, 6) is 5.11. The zero-order valence-corrected chi connectivity index (χ0v) is 10.2. The van der Waals surface area contributed by atoms with Crippen molar-refractivity contribution in [3.8, 4) is 5.75 Å². The van der Waals surface area contributed by atoms with Crippen LogP contribution in [0.25, 0.3) is 0 Å². The number of nitrogen functional groups attached to an aromatic ring is 1. The Kier molecular flexibility index (Phi) is 3.96. The predicted molar refractivity (Wildman–Crippen MR) is 67.8 cm³/mol. The molecule has 2 rings (SSSR count). The molecule has 0 atom stereocenters. The minimum absolute atomic E-state index is 0.0447. The number of non-ortho nitro benzene ring substituents is 1. The van der Waals surface area contributed by atoms with E-state index in [1.54, 1.807) is 6.07 Å². The highest BCUT2D eigenvalue weighted by Gasteiger charge is 2.14. The molecule has 0 aliphatic heterocycles. The number of hydrazine groups is 1. The summed E-state index contributed by atoms with van der Waals surface area (Å²) in [6, 6.07) is 7.16. The lowest BCUT2D eigenvalue weighted by Gasteiger charge is -2.05. The highest BCUT2D eigenvalue weighted by molar-refractivity contribution is 5.94. The number of hydrogen-bond acceptors (Lipinski definition) is 6. The van der Waals surface area contributed by atoms with E-state index in [0.717, 1.165) is 0 Å². The van der Waals surface area contributed by atoms with Gasteiger partial charge in [0.15, 0.2) is 5.76 Å². The topological polar surface area (TPSA) is 121 Å². The summed E-state index contributed by atoms with van der Waals surface area (Å²) in [6.07, 6.45) is 1.33. The maximum Gasteiger partial charge on any atom is 0.273 e. The number of nitrogens with two attached hydrogens (primary N) is 1. The van der Waals surface area contributed by atoms with Crippen molar-refractivity contribution < 1.29 is 18.9 Å². The van der Waals surface area contributed by atoms with Crippen LogP contribution >= 0.6 is 0 Å². The lowest BCUT2D eigenvalue weighted by molar-refractivity contribution is -0.384. The first kappa shape index (κ1) is 13.6. The lowest BCUT2D eigenvalue weighted by Crippen LogP contribution is -2.30. The molecule has 104 valence electrons. The van der Waals surface area contributed by atoms with Gasteiger partial charge in [-0.2, -0.15) is 0 Å². The summed E-state index contributed by atoms with van der Waals surface area (Å²) < 4.78 is 10.5. The van der Waals surface area contributed by atoms with Gasteiger partial charge >= 0.3 is 0 Å². The molecule has 0 saturated carbocycles. The van der Waals surface area contributed by atoms with Crippen molar-refractivity contribution in [3.63, 3.8) is 0 Å². The van der Waals surface area contributed by atoms with Gasteiger partial charge < -0.3 is 9.15 Å². The van der Waals surface area contributed by atoms with Crippen molar-refractivity contribution in [1.29, 1.82) is 0 Å². The Bertz CT molecular complexity index is 638. The third-order valence-electron chi connectivity index (χ3n) is 2.52. The maximum atomic E-state index is 11.4. The fourth-order valence-corrected chi connectivity index (χ4v) is 1.57. The average molecular weight is 277 g/mol. The van der Waals surface area contributed by atoms with Crippen LogP contribution in [0.3, 0.4) is 0 Å². The predicted octanol–water partition coefficient (Wildman–Crippen LogP) is 1.37. The molecule has 1 aromatic carbocycles. The van der Waals surface area contributed by atoms with Crippen LogP contribution in [0.15, 0.2) is 41.0 Å². The van der Waals surface area contributed by atoms with Gasteiger partial charge in [-0.05, 0) is 12.1 Å². The number of benzene rings is 1. The quantitative estimate of drug-likeness (QED) is 0.368. The normalized spacial score (nSPS) is 10.1. The number of nitro groups is 1. The molecule has 2 aromatic rings. The van der Waals surface area contributed by atoms with Crippen molar-refractivity contribution >= 4 is 11.6 Å². The van der Waals surface area contributed by atoms with Crippen LogP contribution in [0.2, 0.25) is 0 Å². The van der Waals surface area contributed by atoms with Crippen molar-refractivity contribution in [1.82, 2.24) is 5.43 Å². The van der Waals surface area contributed by atoms with Crippen LogP contribution in [-0.4, -0.2) is 10.8 Å². The van der Waals surface area contributed by atoms with Gasteiger partial charge in [0, 0.05) is 6.07 Å². The Morgan fingerprint density at radius 3 is 2.95 bits per heavy atom. The van der Waals surface area contributed by atoms with Gasteiger partial charge in [0.05, 0.1) is 22.8 Å². The minimum atomic E-state index is -0.521. The summed E-state index contributed by atoms with van der Waals surface area (Å²) in [5.41, 5.74) is 2.15. The Morgan fingerprint density at radius 1 is 1.45 bits per heavy atom. The van der Waals surface area contributed by atoms with Crippen LogP contribution in [0.4, 0.5) is 5.69 Å². The number of carbonyl (C=O) groups excluding carboxylic acids is 1. The van der Waals surface area contributed by atoms with Gasteiger partial charge in [0.25, 0.3) is 11.6 Å². The van der Waals surface area contributed by atoms with Gasteiger partial charge in [0.2, 0.25) is 0 Å². The van der Waals surface area contributed by atoms with E-state index in [1.807, 2.05) is 5.43 Å². The van der Waals surface area contributed by atoms with E-state index < -0.39 is 10.8 Å². The summed E-state index contributed by atoms with van der Waals surface area (Å²) in [6.45, 7) is -0.0447. The highest BCUT2D eigenvalue weighted by Crippen LogP contribution is 2.21. The SMILES string of the molecule is NNC(=O)c1ccoc1COc1cccc([N+](=O)[O-])c1. The first-order valence-electron chi connectivity index (χ1n) is 5.56. The number of furan rings is 1. The van der Waals surface area contributed by atoms with Crippen LogP contribution < -0.4 is 16.0 Å². The molecule has 20 heavy (non-hydrogen) atoms. The number of nitrogens with zero attached hydrogens (tertiary/aromatic N) is 1. The van der Waals surface area contributed by atoms with E-state index in [0.29, 0.717) is 5.75 Å². The first-order valence-corrected chi connectivity index (χ1v) is 5.56. The van der Waals surface area contributed by atoms with Crippen molar-refractivity contribution in [2.75, 3.05) is 0 Å². The minimum Gasteiger partial charge on any atom is -0.485 e. The number of carbonyl (C=O) groups is 1. The third kappa shape index (κ3) is 2.93. The molecule has 0 radical (unpaired) electrons. The largest absolute Gasteiger partial charge is 0.485 e. The second-order valence-corrected chi connectivity index (χ2v) is 3.77. The van der Waals surface area contributed by atoms with E-state index >= 15 is 0 Å². The van der Waals surface area contributed by atoms with Gasteiger partial charge in [-0.3, -0.25) is 20.3 Å². The Morgan fingerprint density at radius 2 is 2.25 bits per heavy atom. The van der Waals surface area contributed by atoms with Gasteiger partial charge in [-0.25, -0.2) is 5.84 Å². The number of nitro benzene ring substituents is 1. The number of rotatable bonds is 5. The Hall–Kier alpha value is -2.87. The molecule has 0 saturated heterocycles. The second-order valence-electron chi connectivity index (χ2n) is 3.77. The smallest absolute Gasteiger partial charge is 0.273 e. The first-order chi connectivity index (χ1) is 9.61. The summed E-state index contributed by atoms with van der Waals surface area (Å²) in [7, 11) is 0. The van der Waals surface area contributed by atoms with Crippen molar-refractivity contribution in [3.05, 3.63) is 58.0 Å². The van der Waals surface area contributed by atoms with Crippen molar-refractivity contribution in [2.45, 2.75) is 6.61 Å². The van der Waals surface area contributed by atoms with Crippen LogP contribution in [0.5, 0.6) is 5.75 Å². The molecule has 0 aliphatic carbocycles. The fraction of sp³-hybridized carbons (Fsp3) is 0.0833. The third-order valence-corrected chi connectivity index (χ3v) is 2.52. The highest BCUT2D eigenvalue weighted by atomic mass is 16.6. The zero-order valence-electron chi connectivity index (χ0n) is 10.2. The van der Waals surface area contributed by atoms with E-state index in [2.05, 4.69) is 0 Å². The lowest BCUT2D eigenvalue weighted by atomic mass is 10.2. The van der Waals surface area contributed by atoms with E-state index in [-0.39, 0.29) is 23.6 Å². The Balaban J connectivity index is 2.09. The monoisotopic (exact) mass is 277 g/mol. The van der Waals surface area contributed by atoms with Gasteiger partial charge in [-0.1, -0.05) is 6.07 Å². The molecule has 1 amide bonds. The van der Waals surface area contributed by atoms with Gasteiger partial charge in [0.1, 0.15) is 12.4 Å². The number of ether oxygens (including phenoxy) is 1. The molecule has 1 aromatic heterocycles. The average Bonchev–Trinajstić information content (AvgIpc) is 2.93. The van der Waals surface area contributed by atoms with Crippen LogP contribution in [0.1, 0.15) is 16.1 Å². The second kappa shape index (κ2) is 5.85. The molecule has 0 aliphatic rings. The molecule has 0 fully saturated rings. The van der Waals surface area contributed by atoms with Gasteiger partial charge in [-0.15, -0.1) is 0 Å². The molecule has 0 spiro atoms. The number of amides is 1. The summed E-state index contributed by atoms with van der Waals surface area (Å²) >= 11 is 0. The molecule has 1 heterocycles. The number of nitrogens with one attached hydrogen (secondary N) is 1. The van der Waals surface area contributed by atoms with E-state index in [4.69, 9.17) is 15.0 Å². The molecular formula is C12H11N3O5. The molecular weight excluding hydrogens is 266 g/mol. The molecule has 8 nitrogen and oxygen atoms in total. The van der Waals surface area contributed by atoms with Crippen molar-refractivity contribution in [2.24, 2.45) is 5.84 Å². The molecule has 0 unspecified atom stereocenters. The fourth-order valence-electron chi connectivity index (χ4n) is 1.57. The summed E-state index contributed by atoms with van der Waals surface area (Å²) in [4.78, 5) is 21.5. The standard InChI is InChI=1S/C12H11N3O5/c13-14-12(16)10-4-5-19-11(10)7-20-9-3-1-2-8(6-9)15(17)18/h1-6H,7,13H2,(H,14,16). The van der Waals surface area contributed by atoms with E-state index in [1.165, 1.54) is 30.5 Å². The molecule has 3 N–H and O–H groups in total.